The topological polar surface area (TPSA) is 59.8 Å². The van der Waals surface area contributed by atoms with Gasteiger partial charge in [-0.25, -0.2) is 0 Å². The number of anilines is 1. The molecule has 0 saturated carbocycles. The average Bonchev–Trinajstić information content (AvgIpc) is 2.96. The second-order valence-electron chi connectivity index (χ2n) is 5.50. The highest BCUT2D eigenvalue weighted by atomic mass is 79.9. The number of thioether (sulfide) groups is 1. The zero-order valence-corrected chi connectivity index (χ0v) is 16.3. The molecule has 7 heteroatoms. The summed E-state index contributed by atoms with van der Waals surface area (Å²) in [6.07, 6.45) is 0. The predicted molar refractivity (Wildman–Crippen MR) is 105 cm³/mol. The van der Waals surface area contributed by atoms with Gasteiger partial charge in [0.2, 0.25) is 5.91 Å². The number of benzene rings is 2. The Balaban J connectivity index is 1.67. The number of hydrogen-bond acceptors (Lipinski definition) is 4. The molecule has 0 aliphatic heterocycles. The monoisotopic (exact) mass is 416 g/mol. The maximum atomic E-state index is 12.2. The number of halogens is 1. The summed E-state index contributed by atoms with van der Waals surface area (Å²) in [5.41, 5.74) is 2.94. The van der Waals surface area contributed by atoms with E-state index in [1.807, 2.05) is 67.1 Å². The minimum atomic E-state index is -0.0858. The van der Waals surface area contributed by atoms with Crippen LogP contribution in [0.3, 0.4) is 0 Å². The number of nitrogens with one attached hydrogen (secondary N) is 1. The first-order valence-electron chi connectivity index (χ1n) is 7.69. The maximum absolute atomic E-state index is 12.2. The van der Waals surface area contributed by atoms with Gasteiger partial charge in [0.25, 0.3) is 0 Å². The molecule has 2 aromatic carbocycles. The summed E-state index contributed by atoms with van der Waals surface area (Å²) in [5, 5.41) is 12.1. The molecule has 1 amide bonds. The molecule has 0 fully saturated rings. The molecule has 1 aromatic heterocycles. The van der Waals surface area contributed by atoms with E-state index < -0.39 is 0 Å². The van der Waals surface area contributed by atoms with Crippen LogP contribution in [0.25, 0.3) is 11.4 Å². The number of nitrogens with zero attached hydrogens (tertiary/aromatic N) is 3. The zero-order chi connectivity index (χ0) is 17.8. The maximum Gasteiger partial charge on any atom is 0.234 e. The minimum Gasteiger partial charge on any atom is -0.324 e. The number of aromatic nitrogens is 3. The molecule has 0 bridgehead atoms. The van der Waals surface area contributed by atoms with Crippen molar-refractivity contribution < 1.29 is 4.79 Å². The quantitative estimate of drug-likeness (QED) is 0.630. The Hall–Kier alpha value is -2.12. The van der Waals surface area contributed by atoms with Gasteiger partial charge in [-0.1, -0.05) is 48.2 Å². The van der Waals surface area contributed by atoms with E-state index in [1.54, 1.807) is 0 Å². The first kappa shape index (κ1) is 17.7. The summed E-state index contributed by atoms with van der Waals surface area (Å²) in [7, 11) is 1.91. The molecule has 0 unspecified atom stereocenters. The molecule has 0 saturated heterocycles. The van der Waals surface area contributed by atoms with Gasteiger partial charge in [-0.15, -0.1) is 10.2 Å². The molecule has 0 atom stereocenters. The van der Waals surface area contributed by atoms with Gasteiger partial charge in [-0.3, -0.25) is 4.79 Å². The molecule has 1 heterocycles. The van der Waals surface area contributed by atoms with E-state index in [0.29, 0.717) is 5.16 Å². The Morgan fingerprint density at radius 1 is 1.16 bits per heavy atom. The van der Waals surface area contributed by atoms with Crippen LogP contribution in [0.2, 0.25) is 0 Å². The molecule has 0 aliphatic rings. The fourth-order valence-corrected chi connectivity index (χ4v) is 3.47. The van der Waals surface area contributed by atoms with Gasteiger partial charge in [0.1, 0.15) is 0 Å². The highest BCUT2D eigenvalue weighted by Gasteiger charge is 2.14. The van der Waals surface area contributed by atoms with Gasteiger partial charge in [0, 0.05) is 17.1 Å². The molecule has 1 N–H and O–H groups in total. The number of aryl methyl sites for hydroxylation is 1. The van der Waals surface area contributed by atoms with Crippen LogP contribution in [0.5, 0.6) is 0 Å². The van der Waals surface area contributed by atoms with Crippen LogP contribution < -0.4 is 5.32 Å². The summed E-state index contributed by atoms with van der Waals surface area (Å²) >= 11 is 4.78. The number of carbonyl (C=O) groups excluding carboxylic acids is 1. The fourth-order valence-electron chi connectivity index (χ4n) is 2.38. The average molecular weight is 417 g/mol. The number of amides is 1. The molecule has 0 radical (unpaired) electrons. The third kappa shape index (κ3) is 4.11. The Bertz CT molecular complexity index is 910. The van der Waals surface area contributed by atoms with Gasteiger partial charge in [-0.05, 0) is 40.5 Å². The highest BCUT2D eigenvalue weighted by molar-refractivity contribution is 9.10. The number of para-hydroxylation sites is 1. The third-order valence-corrected chi connectivity index (χ3v) is 5.41. The number of hydrogen-bond donors (Lipinski definition) is 1. The van der Waals surface area contributed by atoms with Gasteiger partial charge in [0.05, 0.1) is 11.4 Å². The van der Waals surface area contributed by atoms with Crippen molar-refractivity contribution in [3.8, 4) is 11.4 Å². The van der Waals surface area contributed by atoms with Crippen molar-refractivity contribution in [3.05, 3.63) is 58.6 Å². The molecule has 3 aromatic rings. The Morgan fingerprint density at radius 3 is 2.64 bits per heavy atom. The minimum absolute atomic E-state index is 0.0858. The summed E-state index contributed by atoms with van der Waals surface area (Å²) in [5.74, 6) is 0.977. The van der Waals surface area contributed by atoms with Crippen molar-refractivity contribution in [3.63, 3.8) is 0 Å². The third-order valence-electron chi connectivity index (χ3n) is 3.70. The summed E-state index contributed by atoms with van der Waals surface area (Å²) in [4.78, 5) is 12.2. The second kappa shape index (κ2) is 7.84. The standard InChI is InChI=1S/C18H17BrN4OS/c1-12-7-3-4-8-13(12)17-21-22-18(23(17)2)25-11-16(24)20-15-10-6-5-9-14(15)19/h3-10H,11H2,1-2H3,(H,20,24). The van der Waals surface area contributed by atoms with Gasteiger partial charge < -0.3 is 9.88 Å². The van der Waals surface area contributed by atoms with Crippen molar-refractivity contribution in [1.29, 1.82) is 0 Å². The second-order valence-corrected chi connectivity index (χ2v) is 7.29. The SMILES string of the molecule is Cc1ccccc1-c1nnc(SCC(=O)Nc2ccccc2Br)n1C. The lowest BCUT2D eigenvalue weighted by Crippen LogP contribution is -2.14. The van der Waals surface area contributed by atoms with Crippen molar-refractivity contribution >= 4 is 39.3 Å². The Labute approximate surface area is 159 Å². The van der Waals surface area contributed by atoms with E-state index in [-0.39, 0.29) is 11.7 Å². The fraction of sp³-hybridized carbons (Fsp3) is 0.167. The van der Waals surface area contributed by atoms with E-state index >= 15 is 0 Å². The highest BCUT2D eigenvalue weighted by Crippen LogP contribution is 2.25. The molecular formula is C18H17BrN4OS. The van der Waals surface area contributed by atoms with Gasteiger partial charge in [0.15, 0.2) is 11.0 Å². The van der Waals surface area contributed by atoms with Crippen LogP contribution in [0.15, 0.2) is 58.2 Å². The lowest BCUT2D eigenvalue weighted by molar-refractivity contribution is -0.113. The summed E-state index contributed by atoms with van der Waals surface area (Å²) in [6.45, 7) is 2.04. The van der Waals surface area contributed by atoms with Crippen molar-refractivity contribution in [2.75, 3.05) is 11.1 Å². The van der Waals surface area contributed by atoms with E-state index in [1.165, 1.54) is 11.8 Å². The first-order chi connectivity index (χ1) is 12.1. The van der Waals surface area contributed by atoms with Crippen molar-refractivity contribution in [2.45, 2.75) is 12.1 Å². The van der Waals surface area contributed by atoms with Crippen molar-refractivity contribution in [2.24, 2.45) is 7.05 Å². The lowest BCUT2D eigenvalue weighted by Gasteiger charge is -2.08. The molecule has 0 spiro atoms. The van der Waals surface area contributed by atoms with Crippen molar-refractivity contribution in [1.82, 2.24) is 14.8 Å². The van der Waals surface area contributed by atoms with Crippen LogP contribution >= 0.6 is 27.7 Å². The smallest absolute Gasteiger partial charge is 0.234 e. The summed E-state index contributed by atoms with van der Waals surface area (Å²) < 4.78 is 2.77. The molecule has 25 heavy (non-hydrogen) atoms. The van der Waals surface area contributed by atoms with Crippen LogP contribution in [0.1, 0.15) is 5.56 Å². The normalized spacial score (nSPS) is 10.7. The largest absolute Gasteiger partial charge is 0.324 e. The molecule has 128 valence electrons. The van der Waals surface area contributed by atoms with E-state index in [4.69, 9.17) is 0 Å². The van der Waals surface area contributed by atoms with Crippen LogP contribution in [-0.4, -0.2) is 26.4 Å². The van der Waals surface area contributed by atoms with Crippen LogP contribution in [0.4, 0.5) is 5.69 Å². The summed E-state index contributed by atoms with van der Waals surface area (Å²) in [6, 6.07) is 15.6. The van der Waals surface area contributed by atoms with E-state index in [0.717, 1.165) is 27.1 Å². The lowest BCUT2D eigenvalue weighted by atomic mass is 10.1. The zero-order valence-electron chi connectivity index (χ0n) is 13.9. The van der Waals surface area contributed by atoms with E-state index in [9.17, 15) is 4.79 Å². The van der Waals surface area contributed by atoms with E-state index in [2.05, 4.69) is 31.4 Å². The number of carbonyl (C=O) groups is 1. The van der Waals surface area contributed by atoms with Crippen LogP contribution in [-0.2, 0) is 11.8 Å². The first-order valence-corrected chi connectivity index (χ1v) is 9.46. The number of rotatable bonds is 5. The molecule has 5 nitrogen and oxygen atoms in total. The van der Waals surface area contributed by atoms with Gasteiger partial charge >= 0.3 is 0 Å². The van der Waals surface area contributed by atoms with Crippen LogP contribution in [0, 0.1) is 6.92 Å². The molecular weight excluding hydrogens is 400 g/mol. The predicted octanol–water partition coefficient (Wildman–Crippen LogP) is 4.28. The molecule has 3 rings (SSSR count). The molecule has 0 aliphatic carbocycles. The van der Waals surface area contributed by atoms with Gasteiger partial charge in [-0.2, -0.15) is 0 Å². The Morgan fingerprint density at radius 2 is 1.88 bits per heavy atom. The Kier molecular flexibility index (Phi) is 5.55.